The van der Waals surface area contributed by atoms with E-state index >= 15 is 0 Å². The third-order valence-corrected chi connectivity index (χ3v) is 3.96. The van der Waals surface area contributed by atoms with Crippen LogP contribution >= 0.6 is 0 Å². The molecule has 0 aromatic carbocycles. The van der Waals surface area contributed by atoms with E-state index in [9.17, 15) is 9.59 Å². The second kappa shape index (κ2) is 9.79. The molecule has 1 aliphatic rings. The number of anilines is 1. The highest BCUT2D eigenvalue weighted by Crippen LogP contribution is 2.16. The summed E-state index contributed by atoms with van der Waals surface area (Å²) in [5.74, 6) is 0.518. The summed E-state index contributed by atoms with van der Waals surface area (Å²) in [6.07, 6.45) is 4.51. The molecule has 2 rings (SSSR count). The fraction of sp³-hybridized carbons (Fsp3) is 0.647. The van der Waals surface area contributed by atoms with Gasteiger partial charge in [0, 0.05) is 45.8 Å². The van der Waals surface area contributed by atoms with Gasteiger partial charge in [-0.3, -0.25) is 19.3 Å². The van der Waals surface area contributed by atoms with Gasteiger partial charge >= 0.3 is 5.97 Å². The molecule has 0 unspecified atom stereocenters. The Hall–Kier alpha value is -2.58. The van der Waals surface area contributed by atoms with E-state index in [1.807, 2.05) is 25.1 Å². The number of aryl methyl sites for hydroxylation is 1. The Morgan fingerprint density at radius 1 is 1.38 bits per heavy atom. The quantitative estimate of drug-likeness (QED) is 0.325. The number of piperazine rings is 1. The molecule has 0 atom stereocenters. The molecule has 1 saturated heterocycles. The monoisotopic (exact) mass is 364 g/mol. The number of ether oxygens (including phenoxy) is 1. The maximum Gasteiger partial charge on any atom is 0.305 e. The fourth-order valence-electron chi connectivity index (χ4n) is 2.74. The minimum atomic E-state index is -0.201. The largest absolute Gasteiger partial charge is 0.466 e. The number of carbonyl (C=O) groups is 2. The molecule has 1 aromatic rings. The van der Waals surface area contributed by atoms with E-state index in [4.69, 9.17) is 4.74 Å². The molecule has 1 aliphatic heterocycles. The lowest BCUT2D eigenvalue weighted by Crippen LogP contribution is -2.55. The summed E-state index contributed by atoms with van der Waals surface area (Å²) in [6.45, 7) is 6.93. The average Bonchev–Trinajstić information content (AvgIpc) is 3.04. The topological polar surface area (TPSA) is 92.1 Å². The first kappa shape index (κ1) is 19.7. The molecule has 9 nitrogen and oxygen atoms in total. The molecule has 26 heavy (non-hydrogen) atoms. The van der Waals surface area contributed by atoms with Crippen molar-refractivity contribution in [1.29, 1.82) is 0 Å². The first-order valence-electron chi connectivity index (χ1n) is 9.03. The Bertz CT molecular complexity index is 642. The Labute approximate surface area is 154 Å². The molecule has 0 aliphatic carbocycles. The van der Waals surface area contributed by atoms with Crippen LogP contribution in [0.2, 0.25) is 0 Å². The summed E-state index contributed by atoms with van der Waals surface area (Å²) in [4.78, 5) is 32.1. The van der Waals surface area contributed by atoms with Crippen LogP contribution in [0.3, 0.4) is 0 Å². The summed E-state index contributed by atoms with van der Waals surface area (Å²) in [7, 11) is 1.83. The fourth-order valence-corrected chi connectivity index (χ4v) is 2.74. The van der Waals surface area contributed by atoms with Crippen molar-refractivity contribution in [2.45, 2.75) is 26.7 Å². The number of hydrogen-bond donors (Lipinski definition) is 1. The van der Waals surface area contributed by atoms with Crippen molar-refractivity contribution >= 4 is 23.5 Å². The minimum Gasteiger partial charge on any atom is -0.466 e. The highest BCUT2D eigenvalue weighted by Gasteiger charge is 2.27. The normalized spacial score (nSPS) is 15.3. The highest BCUT2D eigenvalue weighted by atomic mass is 16.5. The van der Waals surface area contributed by atoms with Crippen molar-refractivity contribution in [3.8, 4) is 0 Å². The average molecular weight is 364 g/mol. The van der Waals surface area contributed by atoms with Gasteiger partial charge in [0.2, 0.25) is 5.91 Å². The zero-order chi connectivity index (χ0) is 18.9. The summed E-state index contributed by atoms with van der Waals surface area (Å²) < 4.78 is 6.60. The van der Waals surface area contributed by atoms with Gasteiger partial charge in [-0.05, 0) is 20.3 Å². The maximum absolute atomic E-state index is 12.5. The zero-order valence-corrected chi connectivity index (χ0v) is 15.8. The Balaban J connectivity index is 1.90. The van der Waals surface area contributed by atoms with Crippen LogP contribution in [0.15, 0.2) is 17.4 Å². The van der Waals surface area contributed by atoms with E-state index in [-0.39, 0.29) is 18.4 Å². The predicted octanol–water partition coefficient (Wildman–Crippen LogP) is 0.378. The summed E-state index contributed by atoms with van der Waals surface area (Å²) >= 11 is 0. The van der Waals surface area contributed by atoms with E-state index in [0.717, 1.165) is 5.69 Å². The lowest BCUT2D eigenvalue weighted by molar-refractivity contribution is -0.143. The van der Waals surface area contributed by atoms with Gasteiger partial charge in [0.1, 0.15) is 6.54 Å². The third kappa shape index (κ3) is 5.47. The summed E-state index contributed by atoms with van der Waals surface area (Å²) in [6, 6.07) is 0. The minimum absolute atomic E-state index is 0.0152. The Morgan fingerprint density at radius 3 is 2.81 bits per heavy atom. The van der Waals surface area contributed by atoms with Crippen LogP contribution in [0.1, 0.15) is 26.7 Å². The molecule has 1 N–H and O–H groups in total. The molecule has 144 valence electrons. The van der Waals surface area contributed by atoms with E-state index in [2.05, 4.69) is 15.4 Å². The SMILES string of the molecule is CCNC(=NCCCC(=O)OCC)N1CCN(c2cnn(C)c2)C(=O)C1. The molecule has 0 bridgehead atoms. The van der Waals surface area contributed by atoms with Crippen LogP contribution in [0.25, 0.3) is 0 Å². The molecule has 0 spiro atoms. The molecule has 0 radical (unpaired) electrons. The van der Waals surface area contributed by atoms with Gasteiger partial charge in [0.15, 0.2) is 5.96 Å². The van der Waals surface area contributed by atoms with Gasteiger partial charge in [-0.15, -0.1) is 0 Å². The molecule has 1 fully saturated rings. The molecular formula is C17H28N6O3. The number of rotatable bonds is 7. The number of carbonyl (C=O) groups excluding carboxylic acids is 2. The number of hydrogen-bond acceptors (Lipinski definition) is 5. The van der Waals surface area contributed by atoms with Crippen molar-refractivity contribution in [1.82, 2.24) is 20.0 Å². The van der Waals surface area contributed by atoms with Crippen molar-refractivity contribution < 1.29 is 14.3 Å². The lowest BCUT2D eigenvalue weighted by atomic mass is 10.3. The number of nitrogens with one attached hydrogen (secondary N) is 1. The van der Waals surface area contributed by atoms with Crippen LogP contribution in [-0.2, 0) is 21.4 Å². The number of nitrogens with zero attached hydrogens (tertiary/aromatic N) is 5. The Morgan fingerprint density at radius 2 is 2.19 bits per heavy atom. The van der Waals surface area contributed by atoms with Gasteiger partial charge in [-0.2, -0.15) is 5.10 Å². The Kier molecular flexibility index (Phi) is 7.43. The van der Waals surface area contributed by atoms with Gasteiger partial charge in [-0.25, -0.2) is 0 Å². The van der Waals surface area contributed by atoms with Crippen molar-refractivity contribution in [2.75, 3.05) is 44.2 Å². The molecule has 0 saturated carbocycles. The third-order valence-electron chi connectivity index (χ3n) is 3.96. The summed E-state index contributed by atoms with van der Waals surface area (Å²) in [5.41, 5.74) is 0.813. The number of amides is 1. The number of aliphatic imine (C=N–C) groups is 1. The second-order valence-corrected chi connectivity index (χ2v) is 5.98. The smallest absolute Gasteiger partial charge is 0.305 e. The van der Waals surface area contributed by atoms with Crippen LogP contribution in [0.5, 0.6) is 0 Å². The molecule has 9 heteroatoms. The molecule has 1 amide bonds. The standard InChI is InChI=1S/C17H28N6O3/c1-4-18-17(19-8-6-7-16(25)26-5-2)22-9-10-23(15(24)13-22)14-11-20-21(3)12-14/h11-12H,4-10,13H2,1-3H3,(H,18,19). The van der Waals surface area contributed by atoms with Crippen molar-refractivity contribution in [3.05, 3.63) is 12.4 Å². The predicted molar refractivity (Wildman–Crippen MR) is 99.0 cm³/mol. The first-order valence-corrected chi connectivity index (χ1v) is 9.03. The first-order chi connectivity index (χ1) is 12.5. The van der Waals surface area contributed by atoms with Crippen LogP contribution in [0.4, 0.5) is 5.69 Å². The maximum atomic E-state index is 12.5. The van der Waals surface area contributed by atoms with Crippen LogP contribution in [0, 0.1) is 0 Å². The lowest BCUT2D eigenvalue weighted by Gasteiger charge is -2.35. The molecular weight excluding hydrogens is 336 g/mol. The van der Waals surface area contributed by atoms with Crippen molar-refractivity contribution in [2.24, 2.45) is 12.0 Å². The number of esters is 1. The van der Waals surface area contributed by atoms with E-state index in [0.29, 0.717) is 51.6 Å². The highest BCUT2D eigenvalue weighted by molar-refractivity contribution is 5.98. The number of guanidine groups is 1. The molecule has 1 aromatic heterocycles. The van der Waals surface area contributed by atoms with E-state index in [1.165, 1.54) is 0 Å². The van der Waals surface area contributed by atoms with Crippen LogP contribution < -0.4 is 10.2 Å². The molecule has 2 heterocycles. The summed E-state index contributed by atoms with van der Waals surface area (Å²) in [5, 5.41) is 7.34. The van der Waals surface area contributed by atoms with Gasteiger partial charge in [0.25, 0.3) is 0 Å². The van der Waals surface area contributed by atoms with E-state index < -0.39 is 0 Å². The van der Waals surface area contributed by atoms with Crippen molar-refractivity contribution in [3.63, 3.8) is 0 Å². The van der Waals surface area contributed by atoms with E-state index in [1.54, 1.807) is 22.7 Å². The van der Waals surface area contributed by atoms with Gasteiger partial charge in [-0.1, -0.05) is 0 Å². The van der Waals surface area contributed by atoms with Gasteiger partial charge < -0.3 is 19.9 Å². The zero-order valence-electron chi connectivity index (χ0n) is 15.8. The van der Waals surface area contributed by atoms with Gasteiger partial charge in [0.05, 0.1) is 18.5 Å². The van der Waals surface area contributed by atoms with Crippen LogP contribution in [-0.4, -0.2) is 71.8 Å². The second-order valence-electron chi connectivity index (χ2n) is 5.98. The number of aromatic nitrogens is 2.